The van der Waals surface area contributed by atoms with Gasteiger partial charge in [-0.15, -0.1) is 0 Å². The third kappa shape index (κ3) is 2.80. The number of benzene rings is 2. The van der Waals surface area contributed by atoms with Crippen LogP contribution in [0.15, 0.2) is 42.5 Å². The maximum atomic E-state index is 12.4. The van der Waals surface area contributed by atoms with Gasteiger partial charge in [0.15, 0.2) is 0 Å². The van der Waals surface area contributed by atoms with Gasteiger partial charge in [0, 0.05) is 23.6 Å². The van der Waals surface area contributed by atoms with E-state index in [1.807, 2.05) is 24.3 Å². The number of hydrogen-bond donors (Lipinski definition) is 2. The second-order valence-electron chi connectivity index (χ2n) is 5.68. The first-order valence-electron chi connectivity index (χ1n) is 7.29. The molecule has 0 saturated carbocycles. The highest BCUT2D eigenvalue weighted by molar-refractivity contribution is 5.95. The highest BCUT2D eigenvalue weighted by Gasteiger charge is 2.32. The predicted octanol–water partition coefficient (Wildman–Crippen LogP) is 2.29. The fraction of sp³-hybridized carbons (Fsp3) is 0.235. The van der Waals surface area contributed by atoms with Crippen LogP contribution >= 0.6 is 0 Å². The number of hydrogen-bond acceptors (Lipinski definition) is 4. The maximum absolute atomic E-state index is 12.4. The van der Waals surface area contributed by atoms with Crippen LogP contribution in [0.1, 0.15) is 33.1 Å². The van der Waals surface area contributed by atoms with Crippen LogP contribution in [0, 0.1) is 17.0 Å². The number of nitro groups is 1. The Morgan fingerprint density at radius 2 is 2.04 bits per heavy atom. The molecule has 0 aliphatic heterocycles. The molecule has 0 heterocycles. The van der Waals surface area contributed by atoms with E-state index in [1.165, 1.54) is 18.2 Å². The smallest absolute Gasteiger partial charge is 0.272 e. The van der Waals surface area contributed by atoms with E-state index in [2.05, 4.69) is 5.32 Å². The Labute approximate surface area is 132 Å². The lowest BCUT2D eigenvalue weighted by Crippen LogP contribution is -2.33. The van der Waals surface area contributed by atoms with Gasteiger partial charge in [0.2, 0.25) is 0 Å². The van der Waals surface area contributed by atoms with Crippen molar-refractivity contribution in [2.45, 2.75) is 25.5 Å². The van der Waals surface area contributed by atoms with Crippen molar-refractivity contribution in [3.63, 3.8) is 0 Å². The number of fused-ring (bicyclic) bond motifs is 1. The summed E-state index contributed by atoms with van der Waals surface area (Å²) in [5, 5.41) is 23.8. The monoisotopic (exact) mass is 312 g/mol. The Bertz CT molecular complexity index is 788. The number of carbonyl (C=O) groups excluding carboxylic acids is 1. The summed E-state index contributed by atoms with van der Waals surface area (Å²) in [5.74, 6) is -0.358. The van der Waals surface area contributed by atoms with Gasteiger partial charge in [0.1, 0.15) is 0 Å². The van der Waals surface area contributed by atoms with E-state index in [9.17, 15) is 20.0 Å². The molecule has 1 amide bonds. The van der Waals surface area contributed by atoms with Gasteiger partial charge in [-0.05, 0) is 30.2 Å². The van der Waals surface area contributed by atoms with Gasteiger partial charge >= 0.3 is 0 Å². The van der Waals surface area contributed by atoms with E-state index in [-0.39, 0.29) is 11.6 Å². The van der Waals surface area contributed by atoms with Crippen LogP contribution in [-0.4, -0.2) is 22.0 Å². The lowest BCUT2D eigenvalue weighted by atomic mass is 10.1. The SMILES string of the molecule is Cc1cc(C(=O)NC2c3ccccc3CC2O)ccc1[N+](=O)[O-]. The summed E-state index contributed by atoms with van der Waals surface area (Å²) < 4.78 is 0. The van der Waals surface area contributed by atoms with E-state index in [0.29, 0.717) is 17.5 Å². The minimum Gasteiger partial charge on any atom is -0.390 e. The van der Waals surface area contributed by atoms with Gasteiger partial charge in [-0.1, -0.05) is 24.3 Å². The van der Waals surface area contributed by atoms with Gasteiger partial charge in [-0.25, -0.2) is 0 Å². The molecule has 0 saturated heterocycles. The number of nitrogens with zero attached hydrogens (tertiary/aromatic N) is 1. The number of amides is 1. The fourth-order valence-electron chi connectivity index (χ4n) is 2.97. The van der Waals surface area contributed by atoms with E-state index in [0.717, 1.165) is 11.1 Å². The lowest BCUT2D eigenvalue weighted by molar-refractivity contribution is -0.385. The summed E-state index contributed by atoms with van der Waals surface area (Å²) >= 11 is 0. The van der Waals surface area contributed by atoms with Crippen LogP contribution in [0.4, 0.5) is 5.69 Å². The topological polar surface area (TPSA) is 92.5 Å². The predicted molar refractivity (Wildman–Crippen MR) is 84.2 cm³/mol. The van der Waals surface area contributed by atoms with Gasteiger partial charge in [-0.3, -0.25) is 14.9 Å². The highest BCUT2D eigenvalue weighted by atomic mass is 16.6. The molecule has 2 atom stereocenters. The van der Waals surface area contributed by atoms with Crippen molar-refractivity contribution >= 4 is 11.6 Å². The first-order valence-corrected chi connectivity index (χ1v) is 7.29. The van der Waals surface area contributed by atoms with Crippen molar-refractivity contribution in [1.82, 2.24) is 5.32 Å². The molecule has 0 aromatic heterocycles. The van der Waals surface area contributed by atoms with Gasteiger partial charge in [-0.2, -0.15) is 0 Å². The van der Waals surface area contributed by atoms with Crippen LogP contribution in [-0.2, 0) is 6.42 Å². The summed E-state index contributed by atoms with van der Waals surface area (Å²) in [5.41, 5.74) is 2.67. The zero-order valence-corrected chi connectivity index (χ0v) is 12.5. The molecule has 1 aliphatic carbocycles. The van der Waals surface area contributed by atoms with Crippen LogP contribution in [0.2, 0.25) is 0 Å². The number of aryl methyl sites for hydroxylation is 1. The number of carbonyl (C=O) groups is 1. The maximum Gasteiger partial charge on any atom is 0.272 e. The molecule has 2 aromatic carbocycles. The second-order valence-corrected chi connectivity index (χ2v) is 5.68. The number of aliphatic hydroxyl groups is 1. The molecule has 2 N–H and O–H groups in total. The summed E-state index contributed by atoms with van der Waals surface area (Å²) in [7, 11) is 0. The standard InChI is InChI=1S/C17H16N2O4/c1-10-8-12(6-7-14(10)19(22)23)17(21)18-16-13-5-3-2-4-11(13)9-15(16)20/h2-8,15-16,20H,9H2,1H3,(H,18,21). The Kier molecular flexibility index (Phi) is 3.83. The Morgan fingerprint density at radius 3 is 2.74 bits per heavy atom. The largest absolute Gasteiger partial charge is 0.390 e. The van der Waals surface area contributed by atoms with Crippen molar-refractivity contribution in [3.05, 3.63) is 74.8 Å². The van der Waals surface area contributed by atoms with Crippen LogP contribution < -0.4 is 5.32 Å². The second kappa shape index (κ2) is 5.81. The fourth-order valence-corrected chi connectivity index (χ4v) is 2.97. The first kappa shape index (κ1) is 15.2. The van der Waals surface area contributed by atoms with Gasteiger partial charge < -0.3 is 10.4 Å². The average molecular weight is 312 g/mol. The van der Waals surface area contributed by atoms with Crippen molar-refractivity contribution in [2.24, 2.45) is 0 Å². The number of aliphatic hydroxyl groups excluding tert-OH is 1. The van der Waals surface area contributed by atoms with E-state index in [4.69, 9.17) is 0 Å². The summed E-state index contributed by atoms with van der Waals surface area (Å²) in [6.07, 6.45) is -0.170. The summed E-state index contributed by atoms with van der Waals surface area (Å²) in [6, 6.07) is 11.4. The molecule has 3 rings (SSSR count). The van der Waals surface area contributed by atoms with Crippen LogP contribution in [0.25, 0.3) is 0 Å². The molecular formula is C17H16N2O4. The van der Waals surface area contributed by atoms with Crippen molar-refractivity contribution in [3.8, 4) is 0 Å². The average Bonchev–Trinajstić information content (AvgIpc) is 2.83. The van der Waals surface area contributed by atoms with E-state index in [1.54, 1.807) is 6.92 Å². The molecule has 23 heavy (non-hydrogen) atoms. The quantitative estimate of drug-likeness (QED) is 0.672. The molecule has 118 valence electrons. The molecule has 1 aliphatic rings. The minimum absolute atomic E-state index is 0.0206. The Balaban J connectivity index is 1.82. The van der Waals surface area contributed by atoms with E-state index >= 15 is 0 Å². The van der Waals surface area contributed by atoms with Gasteiger partial charge in [0.05, 0.1) is 17.1 Å². The zero-order valence-electron chi connectivity index (χ0n) is 12.5. The molecule has 2 aromatic rings. The van der Waals surface area contributed by atoms with Crippen molar-refractivity contribution < 1.29 is 14.8 Å². The normalized spacial score (nSPS) is 19.2. The van der Waals surface area contributed by atoms with Gasteiger partial charge in [0.25, 0.3) is 11.6 Å². The third-order valence-electron chi connectivity index (χ3n) is 4.15. The molecule has 6 nitrogen and oxygen atoms in total. The minimum atomic E-state index is -0.671. The van der Waals surface area contributed by atoms with Crippen molar-refractivity contribution in [1.29, 1.82) is 0 Å². The highest BCUT2D eigenvalue weighted by Crippen LogP contribution is 2.31. The number of nitro benzene ring substituents is 1. The molecule has 0 spiro atoms. The van der Waals surface area contributed by atoms with Crippen molar-refractivity contribution in [2.75, 3.05) is 0 Å². The van der Waals surface area contributed by atoms with E-state index < -0.39 is 17.1 Å². The van der Waals surface area contributed by atoms with Crippen LogP contribution in [0.5, 0.6) is 0 Å². The molecule has 0 bridgehead atoms. The number of nitrogens with one attached hydrogen (secondary N) is 1. The summed E-state index contributed by atoms with van der Waals surface area (Å²) in [6.45, 7) is 1.59. The molecule has 0 radical (unpaired) electrons. The molecule has 6 heteroatoms. The summed E-state index contributed by atoms with van der Waals surface area (Å²) in [4.78, 5) is 22.8. The Morgan fingerprint density at radius 1 is 1.30 bits per heavy atom. The molecule has 2 unspecified atom stereocenters. The van der Waals surface area contributed by atoms with Crippen LogP contribution in [0.3, 0.4) is 0 Å². The molecular weight excluding hydrogens is 296 g/mol. The molecule has 0 fully saturated rings. The number of rotatable bonds is 3. The Hall–Kier alpha value is -2.73. The lowest BCUT2D eigenvalue weighted by Gasteiger charge is -2.18. The zero-order chi connectivity index (χ0) is 16.6. The first-order chi connectivity index (χ1) is 11.0. The third-order valence-corrected chi connectivity index (χ3v) is 4.15.